The Hall–Kier alpha value is -3.94. The van der Waals surface area contributed by atoms with Crippen molar-refractivity contribution >= 4 is 29.1 Å². The van der Waals surface area contributed by atoms with Gasteiger partial charge < -0.3 is 21.1 Å². The van der Waals surface area contributed by atoms with Crippen LogP contribution in [0.5, 0.6) is 0 Å². The van der Waals surface area contributed by atoms with Crippen LogP contribution in [0.25, 0.3) is 16.8 Å². The van der Waals surface area contributed by atoms with Crippen LogP contribution < -0.4 is 21.4 Å². The highest BCUT2D eigenvalue weighted by Gasteiger charge is 2.40. The zero-order valence-electron chi connectivity index (χ0n) is 21.1. The Bertz CT molecular complexity index is 1190. The summed E-state index contributed by atoms with van der Waals surface area (Å²) >= 11 is 0. The van der Waals surface area contributed by atoms with Crippen LogP contribution in [0.1, 0.15) is 18.9 Å². The lowest BCUT2D eigenvalue weighted by molar-refractivity contribution is -0.174. The fourth-order valence-corrected chi connectivity index (χ4v) is 4.12. The molecule has 210 valence electrons. The van der Waals surface area contributed by atoms with E-state index in [9.17, 15) is 32.7 Å². The molecule has 1 saturated heterocycles. The topological polar surface area (TPSA) is 143 Å². The van der Waals surface area contributed by atoms with Crippen molar-refractivity contribution in [3.63, 3.8) is 0 Å². The van der Waals surface area contributed by atoms with E-state index in [1.807, 2.05) is 29.6 Å². The summed E-state index contributed by atoms with van der Waals surface area (Å²) in [5.41, 5.74) is 4.82. The van der Waals surface area contributed by atoms with E-state index in [2.05, 4.69) is 17.2 Å². The van der Waals surface area contributed by atoms with Crippen LogP contribution in [-0.2, 0) is 14.4 Å². The molecule has 0 spiro atoms. The number of hydrogen-bond acceptors (Lipinski definition) is 7. The number of anilines is 1. The second kappa shape index (κ2) is 12.7. The van der Waals surface area contributed by atoms with Crippen molar-refractivity contribution in [3.05, 3.63) is 60.7 Å². The van der Waals surface area contributed by atoms with Crippen molar-refractivity contribution in [2.45, 2.75) is 37.7 Å². The summed E-state index contributed by atoms with van der Waals surface area (Å²) < 4.78 is 37.3. The first-order chi connectivity index (χ1) is 18.4. The normalized spacial score (nSPS) is 17.1. The monoisotopic (exact) mass is 549 g/mol. The molecule has 39 heavy (non-hydrogen) atoms. The molecule has 2 aromatic rings. The van der Waals surface area contributed by atoms with Gasteiger partial charge in [-0.25, -0.2) is 5.48 Å². The number of hydrogen-bond donors (Lipinski definition) is 6. The summed E-state index contributed by atoms with van der Waals surface area (Å²) in [5, 5.41) is 26.1. The van der Waals surface area contributed by atoms with E-state index in [0.29, 0.717) is 29.9 Å². The number of hydroxylamine groups is 1. The van der Waals surface area contributed by atoms with E-state index in [1.54, 1.807) is 29.2 Å². The minimum Gasteiger partial charge on any atom is -0.391 e. The molecule has 3 rings (SSSR count). The number of amides is 3. The fraction of sp³-hybridized carbons (Fsp3) is 0.346. The molecule has 2 aromatic carbocycles. The van der Waals surface area contributed by atoms with Gasteiger partial charge in [-0.3, -0.25) is 24.5 Å². The summed E-state index contributed by atoms with van der Waals surface area (Å²) in [6.07, 6.45) is -5.69. The molecule has 1 aliphatic rings. The third kappa shape index (κ3) is 8.27. The lowest BCUT2D eigenvalue weighted by Crippen LogP contribution is -2.48. The van der Waals surface area contributed by atoms with Crippen molar-refractivity contribution in [2.24, 2.45) is 0 Å². The Morgan fingerprint density at radius 1 is 1.08 bits per heavy atom. The van der Waals surface area contributed by atoms with Gasteiger partial charge in [0.15, 0.2) is 0 Å². The van der Waals surface area contributed by atoms with Gasteiger partial charge in [0.05, 0.1) is 12.6 Å². The van der Waals surface area contributed by atoms with E-state index in [4.69, 9.17) is 5.21 Å². The van der Waals surface area contributed by atoms with Crippen LogP contribution in [-0.4, -0.2) is 76.9 Å². The van der Waals surface area contributed by atoms with E-state index in [-0.39, 0.29) is 19.0 Å². The summed E-state index contributed by atoms with van der Waals surface area (Å²) in [5.74, 6) is -3.10. The third-order valence-electron chi connectivity index (χ3n) is 6.17. The number of carbonyl (C=O) groups excluding carboxylic acids is 3. The predicted molar refractivity (Wildman–Crippen MR) is 137 cm³/mol. The largest absolute Gasteiger partial charge is 0.471 e. The smallest absolute Gasteiger partial charge is 0.391 e. The van der Waals surface area contributed by atoms with Gasteiger partial charge in [0.25, 0.3) is 5.91 Å². The van der Waals surface area contributed by atoms with Gasteiger partial charge in [-0.2, -0.15) is 13.2 Å². The molecule has 0 aromatic heterocycles. The zero-order chi connectivity index (χ0) is 28.7. The number of likely N-dealkylation sites (tertiary alicyclic amines) is 1. The van der Waals surface area contributed by atoms with Gasteiger partial charge in [0.2, 0.25) is 5.91 Å². The molecule has 0 bridgehead atoms. The first kappa shape index (κ1) is 29.6. The Morgan fingerprint density at radius 2 is 1.67 bits per heavy atom. The van der Waals surface area contributed by atoms with Crippen LogP contribution in [0.15, 0.2) is 55.1 Å². The number of alkyl halides is 3. The van der Waals surface area contributed by atoms with Crippen LogP contribution in [0.3, 0.4) is 0 Å². The maximum absolute atomic E-state index is 12.4. The van der Waals surface area contributed by atoms with E-state index in [1.165, 1.54) is 12.4 Å². The van der Waals surface area contributed by atoms with Crippen molar-refractivity contribution < 1.29 is 37.9 Å². The predicted octanol–water partition coefficient (Wildman–Crippen LogP) is 1.86. The third-order valence-corrected chi connectivity index (χ3v) is 6.17. The summed E-state index contributed by atoms with van der Waals surface area (Å²) in [4.78, 5) is 36.9. The molecular formula is C26H30F3N5O5. The van der Waals surface area contributed by atoms with E-state index in [0.717, 1.165) is 11.1 Å². The minimum absolute atomic E-state index is 0.0184. The van der Waals surface area contributed by atoms with Crippen LogP contribution >= 0.6 is 0 Å². The Labute approximate surface area is 222 Å². The number of aliphatic hydroxyl groups is 1. The molecule has 0 radical (unpaired) electrons. The molecular weight excluding hydrogens is 519 g/mol. The molecule has 0 unspecified atom stereocenters. The molecule has 1 fully saturated rings. The van der Waals surface area contributed by atoms with Gasteiger partial charge in [-0.15, -0.1) is 0 Å². The average molecular weight is 550 g/mol. The highest BCUT2D eigenvalue weighted by Crippen LogP contribution is 2.24. The number of carbonyl (C=O) groups is 3. The highest BCUT2D eigenvalue weighted by atomic mass is 19.4. The van der Waals surface area contributed by atoms with Gasteiger partial charge in [-0.05, 0) is 42.2 Å². The van der Waals surface area contributed by atoms with Crippen molar-refractivity contribution in [1.29, 1.82) is 0 Å². The minimum atomic E-state index is -4.94. The molecule has 6 N–H and O–H groups in total. The van der Waals surface area contributed by atoms with Crippen LogP contribution in [0.4, 0.5) is 18.9 Å². The second-order valence-electron chi connectivity index (χ2n) is 9.21. The quantitative estimate of drug-likeness (QED) is 0.196. The Kier molecular flexibility index (Phi) is 9.67. The molecule has 13 heteroatoms. The lowest BCUT2D eigenvalue weighted by atomic mass is 10.0. The van der Waals surface area contributed by atoms with Gasteiger partial charge in [0.1, 0.15) is 6.04 Å². The number of nitrogens with one attached hydrogen (secondary N) is 4. The second-order valence-corrected chi connectivity index (χ2v) is 9.21. The number of halogens is 3. The molecule has 3 atom stereocenters. The molecule has 0 saturated carbocycles. The molecule has 1 heterocycles. The van der Waals surface area contributed by atoms with Crippen LogP contribution in [0, 0.1) is 0 Å². The maximum atomic E-state index is 12.4. The summed E-state index contributed by atoms with van der Waals surface area (Å²) in [7, 11) is 0. The molecule has 1 aliphatic heterocycles. The fourth-order valence-electron chi connectivity index (χ4n) is 4.12. The number of benzene rings is 2. The zero-order valence-corrected chi connectivity index (χ0v) is 21.1. The standard InChI is InChI=1S/C26H30F3N5O5/c1-15(30-23(16(2)35)24(37)33-39)17-3-5-18(6-4-17)19-7-9-20(10-8-19)31-22(36)14-34-12-11-21(13-34)32-25(38)26(27,28)29/h3-10,16,21,23,30,35,39H,1,11-14H2,2H3,(H,31,36)(H,32,38)(H,33,37)/t16-,21-,23+/m1/s1. The number of aliphatic hydroxyl groups excluding tert-OH is 1. The average Bonchev–Trinajstić information content (AvgIpc) is 3.32. The molecule has 3 amide bonds. The van der Waals surface area contributed by atoms with E-state index < -0.39 is 36.2 Å². The maximum Gasteiger partial charge on any atom is 0.471 e. The first-order valence-corrected chi connectivity index (χ1v) is 12.1. The Morgan fingerprint density at radius 3 is 2.21 bits per heavy atom. The number of nitrogens with zero attached hydrogens (tertiary/aromatic N) is 1. The van der Waals surface area contributed by atoms with Crippen LogP contribution in [0.2, 0.25) is 0 Å². The first-order valence-electron chi connectivity index (χ1n) is 12.1. The summed E-state index contributed by atoms with van der Waals surface area (Å²) in [6, 6.07) is 12.5. The Balaban J connectivity index is 1.51. The SMILES string of the molecule is C=C(N[C@H](C(=O)NO)[C@@H](C)O)c1ccc(-c2ccc(NC(=O)CN3CC[C@@H](NC(=O)C(F)(F)F)C3)cc2)cc1. The number of rotatable bonds is 10. The molecule has 0 aliphatic carbocycles. The van der Waals surface area contributed by atoms with Crippen molar-refractivity contribution in [3.8, 4) is 11.1 Å². The van der Waals surface area contributed by atoms with E-state index >= 15 is 0 Å². The summed E-state index contributed by atoms with van der Waals surface area (Å²) in [6.45, 7) is 5.81. The van der Waals surface area contributed by atoms with Gasteiger partial charge in [-0.1, -0.05) is 43.0 Å². The van der Waals surface area contributed by atoms with Gasteiger partial charge in [0, 0.05) is 30.5 Å². The lowest BCUT2D eigenvalue weighted by Gasteiger charge is -2.22. The highest BCUT2D eigenvalue weighted by molar-refractivity contribution is 5.92. The van der Waals surface area contributed by atoms with Gasteiger partial charge >= 0.3 is 12.1 Å². The van der Waals surface area contributed by atoms with Crippen molar-refractivity contribution in [1.82, 2.24) is 21.0 Å². The molecule has 10 nitrogen and oxygen atoms in total. The van der Waals surface area contributed by atoms with Crippen molar-refractivity contribution in [2.75, 3.05) is 25.0 Å².